The second kappa shape index (κ2) is 8.94. The topological polar surface area (TPSA) is 79.0 Å². The van der Waals surface area contributed by atoms with Gasteiger partial charge in [0, 0.05) is 39.3 Å². The first-order valence-electron chi connectivity index (χ1n) is 9.16. The number of carbonyl (C=O) groups is 1. The Kier molecular flexibility index (Phi) is 6.63. The minimum Gasteiger partial charge on any atom is -0.377 e. The Bertz CT molecular complexity index is 682. The van der Waals surface area contributed by atoms with Crippen LogP contribution >= 0.6 is 0 Å². The molecule has 0 spiro atoms. The lowest BCUT2D eigenvalue weighted by Crippen LogP contribution is -2.52. The van der Waals surface area contributed by atoms with Gasteiger partial charge in [0.25, 0.3) is 0 Å². The van der Waals surface area contributed by atoms with E-state index in [1.165, 1.54) is 4.31 Å². The van der Waals surface area contributed by atoms with Crippen LogP contribution in [0.5, 0.6) is 0 Å². The Morgan fingerprint density at radius 2 is 1.88 bits per heavy atom. The Morgan fingerprint density at radius 1 is 1.15 bits per heavy atom. The minimum absolute atomic E-state index is 0.00469. The van der Waals surface area contributed by atoms with Crippen LogP contribution in [0.15, 0.2) is 30.3 Å². The lowest BCUT2D eigenvalue weighted by molar-refractivity contribution is -0.131. The van der Waals surface area contributed by atoms with E-state index >= 15 is 0 Å². The summed E-state index contributed by atoms with van der Waals surface area (Å²) < 4.78 is 32.1. The van der Waals surface area contributed by atoms with Crippen LogP contribution in [0.2, 0.25) is 0 Å². The third kappa shape index (κ3) is 5.26. The van der Waals surface area contributed by atoms with Crippen LogP contribution in [0.1, 0.15) is 18.4 Å². The van der Waals surface area contributed by atoms with Gasteiger partial charge in [-0.25, -0.2) is 8.42 Å². The summed E-state index contributed by atoms with van der Waals surface area (Å²) in [6, 6.07) is 9.18. The second-order valence-electron chi connectivity index (χ2n) is 6.79. The molecule has 7 nitrogen and oxygen atoms in total. The van der Waals surface area contributed by atoms with Crippen molar-refractivity contribution in [3.8, 4) is 0 Å². The van der Waals surface area contributed by atoms with Crippen LogP contribution in [0.3, 0.4) is 0 Å². The van der Waals surface area contributed by atoms with Crippen molar-refractivity contribution in [3.63, 3.8) is 0 Å². The van der Waals surface area contributed by atoms with Crippen molar-refractivity contribution in [2.24, 2.45) is 0 Å². The molecule has 2 aliphatic heterocycles. The zero-order chi connectivity index (χ0) is 18.4. The molecule has 0 radical (unpaired) electrons. The molecule has 0 saturated carbocycles. The summed E-state index contributed by atoms with van der Waals surface area (Å²) in [5, 5.41) is 3.15. The van der Waals surface area contributed by atoms with Gasteiger partial charge in [-0.2, -0.15) is 4.31 Å². The Labute approximate surface area is 155 Å². The van der Waals surface area contributed by atoms with E-state index in [0.717, 1.165) is 25.0 Å². The number of rotatable bonds is 7. The Morgan fingerprint density at radius 3 is 2.54 bits per heavy atom. The largest absolute Gasteiger partial charge is 0.377 e. The highest BCUT2D eigenvalue weighted by Gasteiger charge is 2.28. The zero-order valence-corrected chi connectivity index (χ0v) is 15.8. The van der Waals surface area contributed by atoms with Crippen molar-refractivity contribution >= 4 is 15.9 Å². The average molecular weight is 381 g/mol. The van der Waals surface area contributed by atoms with Crippen LogP contribution in [-0.4, -0.2) is 75.5 Å². The summed E-state index contributed by atoms with van der Waals surface area (Å²) in [7, 11) is -3.35. The van der Waals surface area contributed by atoms with Gasteiger partial charge in [0.2, 0.25) is 15.9 Å². The molecular formula is C18H27N3O4S. The van der Waals surface area contributed by atoms with Crippen molar-refractivity contribution in [1.29, 1.82) is 0 Å². The first-order chi connectivity index (χ1) is 12.5. The number of nitrogens with one attached hydrogen (secondary N) is 1. The fraction of sp³-hybridized carbons (Fsp3) is 0.611. The van der Waals surface area contributed by atoms with Gasteiger partial charge in [-0.1, -0.05) is 30.3 Å². The van der Waals surface area contributed by atoms with Crippen LogP contribution in [-0.2, 0) is 25.3 Å². The van der Waals surface area contributed by atoms with E-state index in [-0.39, 0.29) is 24.3 Å². The average Bonchev–Trinajstić information content (AvgIpc) is 3.16. The number of hydrogen-bond donors (Lipinski definition) is 1. The standard InChI is InChI=1S/C18H27N3O4S/c22-18(14-19-13-17-7-4-12-25-17)20-8-10-21(11-9-20)26(23,24)15-16-5-2-1-3-6-16/h1-3,5-6,17,19H,4,7-15H2. The molecule has 2 heterocycles. The molecule has 144 valence electrons. The van der Waals surface area contributed by atoms with Crippen molar-refractivity contribution in [3.05, 3.63) is 35.9 Å². The first kappa shape index (κ1) is 19.3. The van der Waals surface area contributed by atoms with Gasteiger partial charge in [0.05, 0.1) is 18.4 Å². The van der Waals surface area contributed by atoms with E-state index in [9.17, 15) is 13.2 Å². The maximum atomic E-state index is 12.5. The number of amides is 1. The molecule has 3 rings (SSSR count). The minimum atomic E-state index is -3.35. The normalized spacial score (nSPS) is 21.8. The molecule has 0 aromatic heterocycles. The van der Waals surface area contributed by atoms with Gasteiger partial charge < -0.3 is 15.0 Å². The fourth-order valence-corrected chi connectivity index (χ4v) is 4.86. The first-order valence-corrected chi connectivity index (χ1v) is 10.8. The zero-order valence-electron chi connectivity index (χ0n) is 15.0. The molecule has 8 heteroatoms. The number of carbonyl (C=O) groups excluding carboxylic acids is 1. The van der Waals surface area contributed by atoms with Crippen molar-refractivity contribution in [1.82, 2.24) is 14.5 Å². The van der Waals surface area contributed by atoms with E-state index in [1.807, 2.05) is 30.3 Å². The molecule has 2 fully saturated rings. The van der Waals surface area contributed by atoms with Crippen LogP contribution in [0.25, 0.3) is 0 Å². The summed E-state index contributed by atoms with van der Waals surface area (Å²) in [6.45, 7) is 3.36. The lowest BCUT2D eigenvalue weighted by Gasteiger charge is -2.34. The van der Waals surface area contributed by atoms with Gasteiger partial charge in [-0.3, -0.25) is 4.79 Å². The maximum Gasteiger partial charge on any atom is 0.236 e. The fourth-order valence-electron chi connectivity index (χ4n) is 3.35. The number of benzene rings is 1. The van der Waals surface area contributed by atoms with Gasteiger partial charge >= 0.3 is 0 Å². The smallest absolute Gasteiger partial charge is 0.236 e. The molecule has 1 unspecified atom stereocenters. The number of sulfonamides is 1. The summed E-state index contributed by atoms with van der Waals surface area (Å²) >= 11 is 0. The summed E-state index contributed by atoms with van der Waals surface area (Å²) in [5.41, 5.74) is 0.782. The van der Waals surface area contributed by atoms with Gasteiger partial charge in [-0.15, -0.1) is 0 Å². The second-order valence-corrected chi connectivity index (χ2v) is 8.76. The molecule has 2 saturated heterocycles. The van der Waals surface area contributed by atoms with E-state index in [2.05, 4.69) is 5.32 Å². The molecule has 2 aliphatic rings. The number of piperazine rings is 1. The lowest BCUT2D eigenvalue weighted by atomic mass is 10.2. The number of hydrogen-bond acceptors (Lipinski definition) is 5. The predicted molar refractivity (Wildman–Crippen MR) is 99.1 cm³/mol. The van der Waals surface area contributed by atoms with E-state index < -0.39 is 10.0 Å². The Hall–Kier alpha value is -1.48. The number of nitrogens with zero attached hydrogens (tertiary/aromatic N) is 2. The maximum absolute atomic E-state index is 12.5. The van der Waals surface area contributed by atoms with Crippen LogP contribution in [0, 0.1) is 0 Å². The van der Waals surface area contributed by atoms with Crippen molar-refractivity contribution < 1.29 is 17.9 Å². The summed E-state index contributed by atoms with van der Waals surface area (Å²) in [4.78, 5) is 14.0. The van der Waals surface area contributed by atoms with Crippen LogP contribution < -0.4 is 5.32 Å². The van der Waals surface area contributed by atoms with Crippen molar-refractivity contribution in [2.45, 2.75) is 24.7 Å². The van der Waals surface area contributed by atoms with Crippen LogP contribution in [0.4, 0.5) is 0 Å². The predicted octanol–water partition coefficient (Wildman–Crippen LogP) is 0.429. The summed E-state index contributed by atoms with van der Waals surface area (Å²) in [5.74, 6) is 0.0215. The third-order valence-electron chi connectivity index (χ3n) is 4.85. The molecule has 1 aromatic rings. The van der Waals surface area contributed by atoms with Gasteiger partial charge in [-0.05, 0) is 18.4 Å². The molecule has 0 aliphatic carbocycles. The quantitative estimate of drug-likeness (QED) is 0.741. The molecular weight excluding hydrogens is 354 g/mol. The molecule has 1 amide bonds. The number of ether oxygens (including phenoxy) is 1. The van der Waals surface area contributed by atoms with E-state index in [1.54, 1.807) is 4.90 Å². The highest BCUT2D eigenvalue weighted by Crippen LogP contribution is 2.14. The van der Waals surface area contributed by atoms with Crippen molar-refractivity contribution in [2.75, 3.05) is 45.9 Å². The molecule has 26 heavy (non-hydrogen) atoms. The highest BCUT2D eigenvalue weighted by atomic mass is 32.2. The van der Waals surface area contributed by atoms with E-state index in [0.29, 0.717) is 32.7 Å². The molecule has 1 N–H and O–H groups in total. The SMILES string of the molecule is O=C(CNCC1CCCO1)N1CCN(S(=O)(=O)Cc2ccccc2)CC1. The van der Waals surface area contributed by atoms with Gasteiger partial charge in [0.15, 0.2) is 0 Å². The highest BCUT2D eigenvalue weighted by molar-refractivity contribution is 7.88. The third-order valence-corrected chi connectivity index (χ3v) is 6.70. The molecule has 1 atom stereocenters. The van der Waals surface area contributed by atoms with E-state index in [4.69, 9.17) is 4.74 Å². The van der Waals surface area contributed by atoms with Gasteiger partial charge in [0.1, 0.15) is 0 Å². The molecule has 1 aromatic carbocycles. The Balaban J connectivity index is 1.42. The summed E-state index contributed by atoms with van der Waals surface area (Å²) in [6.07, 6.45) is 2.33. The monoisotopic (exact) mass is 381 g/mol. The molecule has 0 bridgehead atoms.